The van der Waals surface area contributed by atoms with E-state index in [0.717, 1.165) is 3.57 Å². The molecular weight excluding hydrogens is 538 g/mol. The van der Waals surface area contributed by atoms with Gasteiger partial charge in [-0.15, -0.1) is 0 Å². The molecule has 1 amide bonds. The fraction of sp³-hybridized carbons (Fsp3) is 0.240. The first-order valence-electron chi connectivity index (χ1n) is 10.2. The molecule has 0 aliphatic rings. The summed E-state index contributed by atoms with van der Waals surface area (Å²) in [7, 11) is 0. The summed E-state index contributed by atoms with van der Waals surface area (Å²) >= 11 is 2.03. The summed E-state index contributed by atoms with van der Waals surface area (Å²) in [5.41, 5.74) is 6.73. The van der Waals surface area contributed by atoms with Crippen LogP contribution in [0.25, 0.3) is 0 Å². The fourth-order valence-electron chi connectivity index (χ4n) is 3.23. The fourth-order valence-corrected chi connectivity index (χ4v) is 3.69. The number of nitrogens with zero attached hydrogens (tertiary/aromatic N) is 1. The quantitative estimate of drug-likeness (QED) is 0.316. The summed E-state index contributed by atoms with van der Waals surface area (Å²) in [5.74, 6) is -0.893. The van der Waals surface area contributed by atoms with E-state index in [9.17, 15) is 14.0 Å². The number of pyridine rings is 1. The molecule has 3 rings (SSSR count). The number of nitrogens with two attached hydrogens (primary N) is 1. The number of hydrogen-bond donors (Lipinski definition) is 1. The van der Waals surface area contributed by atoms with Crippen LogP contribution in [0.4, 0.5) is 4.39 Å². The second kappa shape index (κ2) is 10.3. The molecule has 0 bridgehead atoms. The van der Waals surface area contributed by atoms with Crippen molar-refractivity contribution in [2.75, 3.05) is 0 Å². The molecule has 2 aromatic carbocycles. The predicted octanol–water partition coefficient (Wildman–Crippen LogP) is 5.19. The molecule has 0 unspecified atom stereocenters. The highest BCUT2D eigenvalue weighted by atomic mass is 127. The van der Waals surface area contributed by atoms with Crippen LogP contribution in [0, 0.1) is 9.39 Å². The van der Waals surface area contributed by atoms with Gasteiger partial charge in [-0.05, 0) is 84.3 Å². The van der Waals surface area contributed by atoms with Crippen LogP contribution in [0.3, 0.4) is 0 Å². The van der Waals surface area contributed by atoms with Crippen molar-refractivity contribution in [3.05, 3.63) is 86.5 Å². The largest absolute Gasteiger partial charge is 0.460 e. The maximum atomic E-state index is 14.4. The van der Waals surface area contributed by atoms with Gasteiger partial charge in [0, 0.05) is 16.2 Å². The molecule has 0 saturated carbocycles. The van der Waals surface area contributed by atoms with E-state index in [1.807, 2.05) is 22.6 Å². The number of benzene rings is 2. The molecule has 172 valence electrons. The zero-order valence-electron chi connectivity index (χ0n) is 18.5. The number of carbonyl (C=O) groups is 2. The molecule has 3 aromatic rings. The first kappa shape index (κ1) is 24.6. The van der Waals surface area contributed by atoms with Gasteiger partial charge in [0.25, 0.3) is 5.91 Å². The van der Waals surface area contributed by atoms with Crippen LogP contribution in [0.15, 0.2) is 54.9 Å². The van der Waals surface area contributed by atoms with E-state index in [1.165, 1.54) is 18.5 Å². The maximum Gasteiger partial charge on any atom is 0.310 e. The molecule has 33 heavy (non-hydrogen) atoms. The molecule has 8 heteroatoms. The highest BCUT2D eigenvalue weighted by Crippen LogP contribution is 2.29. The standard InChI is InChI=1S/C25H24FIN2O4/c1-25(2,3)33-22(30)10-15-5-4-6-19(9-15)32-21-14-29-13-17(23(21)24(28)31)11-16-7-8-18(27)12-20(16)26/h4-9,12-14H,10-11H2,1-3H3,(H2,28,31). The highest BCUT2D eigenvalue weighted by molar-refractivity contribution is 14.1. The molecule has 0 fully saturated rings. The van der Waals surface area contributed by atoms with E-state index in [0.29, 0.717) is 22.4 Å². The van der Waals surface area contributed by atoms with Crippen molar-refractivity contribution in [3.63, 3.8) is 0 Å². The molecule has 2 N–H and O–H groups in total. The molecule has 0 saturated heterocycles. The summed E-state index contributed by atoms with van der Waals surface area (Å²) in [5, 5.41) is 0. The number of amides is 1. The number of aromatic nitrogens is 1. The third kappa shape index (κ3) is 6.98. The second-order valence-electron chi connectivity index (χ2n) is 8.46. The van der Waals surface area contributed by atoms with Crippen molar-refractivity contribution in [1.29, 1.82) is 0 Å². The zero-order valence-corrected chi connectivity index (χ0v) is 20.7. The number of ether oxygens (including phenoxy) is 2. The van der Waals surface area contributed by atoms with Gasteiger partial charge in [0.15, 0.2) is 5.75 Å². The van der Waals surface area contributed by atoms with Crippen LogP contribution in [0.2, 0.25) is 0 Å². The molecule has 1 aromatic heterocycles. The number of rotatable bonds is 7. The molecule has 0 atom stereocenters. The van der Waals surface area contributed by atoms with Gasteiger partial charge >= 0.3 is 5.97 Å². The van der Waals surface area contributed by atoms with Crippen molar-refractivity contribution < 1.29 is 23.5 Å². The van der Waals surface area contributed by atoms with Crippen molar-refractivity contribution in [2.24, 2.45) is 5.73 Å². The van der Waals surface area contributed by atoms with Gasteiger partial charge in [-0.3, -0.25) is 14.6 Å². The Kier molecular flexibility index (Phi) is 7.68. The Morgan fingerprint density at radius 2 is 1.85 bits per heavy atom. The average molecular weight is 562 g/mol. The summed E-state index contributed by atoms with van der Waals surface area (Å²) in [6, 6.07) is 11.7. The lowest BCUT2D eigenvalue weighted by atomic mass is 10.0. The SMILES string of the molecule is CC(C)(C)OC(=O)Cc1cccc(Oc2cncc(Cc3ccc(I)cc3F)c2C(N)=O)c1. The third-order valence-electron chi connectivity index (χ3n) is 4.53. The van der Waals surface area contributed by atoms with E-state index < -0.39 is 11.5 Å². The normalized spacial score (nSPS) is 11.2. The van der Waals surface area contributed by atoms with Crippen LogP contribution >= 0.6 is 22.6 Å². The molecular formula is C25H24FIN2O4. The van der Waals surface area contributed by atoms with Crippen LogP contribution in [-0.4, -0.2) is 22.5 Å². The number of hydrogen-bond acceptors (Lipinski definition) is 5. The first-order chi connectivity index (χ1) is 15.5. The highest BCUT2D eigenvalue weighted by Gasteiger charge is 2.19. The van der Waals surface area contributed by atoms with Crippen LogP contribution in [-0.2, 0) is 22.4 Å². The van der Waals surface area contributed by atoms with Crippen LogP contribution in [0.1, 0.15) is 47.8 Å². The summed E-state index contributed by atoms with van der Waals surface area (Å²) < 4.78 is 26.4. The van der Waals surface area contributed by atoms with Crippen LogP contribution < -0.4 is 10.5 Å². The van der Waals surface area contributed by atoms with E-state index in [2.05, 4.69) is 4.98 Å². The summed E-state index contributed by atoms with van der Waals surface area (Å²) in [6.07, 6.45) is 3.06. The predicted molar refractivity (Wildman–Crippen MR) is 131 cm³/mol. The Balaban J connectivity index is 1.86. The van der Waals surface area contributed by atoms with Gasteiger partial charge in [-0.2, -0.15) is 0 Å². The summed E-state index contributed by atoms with van der Waals surface area (Å²) in [4.78, 5) is 28.6. The number of esters is 1. The number of halogens is 2. The minimum absolute atomic E-state index is 0.0710. The van der Waals surface area contributed by atoms with Gasteiger partial charge in [-0.1, -0.05) is 18.2 Å². The van der Waals surface area contributed by atoms with Crippen molar-refractivity contribution >= 4 is 34.5 Å². The van der Waals surface area contributed by atoms with Crippen LogP contribution in [0.5, 0.6) is 11.5 Å². The van der Waals surface area contributed by atoms with Gasteiger partial charge in [-0.25, -0.2) is 4.39 Å². The number of primary amides is 1. The maximum absolute atomic E-state index is 14.4. The van der Waals surface area contributed by atoms with Gasteiger partial charge in [0.05, 0.1) is 18.2 Å². The number of carbonyl (C=O) groups excluding carboxylic acids is 2. The average Bonchev–Trinajstić information content (AvgIpc) is 2.69. The smallest absolute Gasteiger partial charge is 0.310 e. The zero-order chi connectivity index (χ0) is 24.2. The van der Waals surface area contributed by atoms with Crippen molar-refractivity contribution in [3.8, 4) is 11.5 Å². The Morgan fingerprint density at radius 1 is 1.09 bits per heavy atom. The Bertz CT molecular complexity index is 1190. The van der Waals surface area contributed by atoms with Crippen molar-refractivity contribution in [2.45, 2.75) is 39.2 Å². The molecule has 6 nitrogen and oxygen atoms in total. The van der Waals surface area contributed by atoms with E-state index >= 15 is 0 Å². The lowest BCUT2D eigenvalue weighted by Gasteiger charge is -2.19. The Hall–Kier alpha value is -3.01. The molecule has 0 aliphatic heterocycles. The minimum atomic E-state index is -0.710. The van der Waals surface area contributed by atoms with Crippen molar-refractivity contribution in [1.82, 2.24) is 4.98 Å². The lowest BCUT2D eigenvalue weighted by molar-refractivity contribution is -0.153. The van der Waals surface area contributed by atoms with E-state index in [-0.39, 0.29) is 35.9 Å². The third-order valence-corrected chi connectivity index (χ3v) is 5.20. The molecule has 0 aliphatic carbocycles. The minimum Gasteiger partial charge on any atom is -0.460 e. The van der Waals surface area contributed by atoms with E-state index in [4.69, 9.17) is 15.2 Å². The second-order valence-corrected chi connectivity index (χ2v) is 9.71. The molecule has 0 spiro atoms. The van der Waals surface area contributed by atoms with Gasteiger partial charge in [0.2, 0.25) is 0 Å². The lowest BCUT2D eigenvalue weighted by Crippen LogP contribution is -2.24. The van der Waals surface area contributed by atoms with E-state index in [1.54, 1.807) is 57.2 Å². The Morgan fingerprint density at radius 3 is 2.52 bits per heavy atom. The van der Waals surface area contributed by atoms with Gasteiger partial charge < -0.3 is 15.2 Å². The molecule has 1 heterocycles. The summed E-state index contributed by atoms with van der Waals surface area (Å²) in [6.45, 7) is 5.41. The first-order valence-corrected chi connectivity index (χ1v) is 11.3. The topological polar surface area (TPSA) is 91.5 Å². The molecule has 0 radical (unpaired) electrons. The Labute approximate surface area is 205 Å². The monoisotopic (exact) mass is 562 g/mol. The van der Waals surface area contributed by atoms with Gasteiger partial charge in [0.1, 0.15) is 17.2 Å².